The van der Waals surface area contributed by atoms with Gasteiger partial charge in [0.1, 0.15) is 0 Å². The molecule has 1 aliphatic carbocycles. The normalized spacial score (nSPS) is 17.4. The number of carbonyl (C=O) groups is 1. The number of carbonyl (C=O) groups excluding carboxylic acids is 1. The standard InChI is InChI=1S/C19H19ClO/c20-19(13-7-2-8-14-19)17-12-6-5-11-16(17)18(21)15-9-3-1-4-10-15/h1,3-6,9-12H,2,7-8,13-14H2. The average molecular weight is 299 g/mol. The Balaban J connectivity index is 2.02. The van der Waals surface area contributed by atoms with Gasteiger partial charge in [-0.05, 0) is 18.4 Å². The summed E-state index contributed by atoms with van der Waals surface area (Å²) in [5.74, 6) is 0.0665. The molecule has 2 aromatic carbocycles. The molecule has 1 aliphatic rings. The lowest BCUT2D eigenvalue weighted by Gasteiger charge is -2.33. The van der Waals surface area contributed by atoms with E-state index in [1.165, 1.54) is 6.42 Å². The molecule has 0 N–H and O–H groups in total. The molecule has 0 heterocycles. The Labute approximate surface area is 131 Å². The topological polar surface area (TPSA) is 17.1 Å². The predicted octanol–water partition coefficient (Wildman–Crippen LogP) is 5.32. The highest BCUT2D eigenvalue weighted by Gasteiger charge is 2.34. The van der Waals surface area contributed by atoms with Crippen molar-refractivity contribution in [1.29, 1.82) is 0 Å². The number of hydrogen-bond acceptors (Lipinski definition) is 1. The lowest BCUT2D eigenvalue weighted by Crippen LogP contribution is -2.25. The molecule has 1 fully saturated rings. The van der Waals surface area contributed by atoms with E-state index >= 15 is 0 Å². The number of halogens is 1. The average Bonchev–Trinajstić information content (AvgIpc) is 2.56. The van der Waals surface area contributed by atoms with Gasteiger partial charge in [-0.3, -0.25) is 4.79 Å². The van der Waals surface area contributed by atoms with Crippen LogP contribution in [0.2, 0.25) is 0 Å². The molecule has 0 bridgehead atoms. The number of benzene rings is 2. The Bertz CT molecular complexity index is 627. The van der Waals surface area contributed by atoms with Crippen LogP contribution in [-0.4, -0.2) is 5.78 Å². The summed E-state index contributed by atoms with van der Waals surface area (Å²) in [5.41, 5.74) is 2.47. The fourth-order valence-electron chi connectivity index (χ4n) is 3.20. The van der Waals surface area contributed by atoms with Crippen molar-refractivity contribution in [1.82, 2.24) is 0 Å². The first-order valence-electron chi connectivity index (χ1n) is 7.59. The molecule has 108 valence electrons. The lowest BCUT2D eigenvalue weighted by atomic mass is 9.80. The van der Waals surface area contributed by atoms with Crippen molar-refractivity contribution in [2.45, 2.75) is 37.0 Å². The van der Waals surface area contributed by atoms with Gasteiger partial charge in [0, 0.05) is 11.1 Å². The first kappa shape index (κ1) is 14.3. The molecule has 21 heavy (non-hydrogen) atoms. The van der Waals surface area contributed by atoms with Gasteiger partial charge in [-0.1, -0.05) is 73.9 Å². The molecule has 0 saturated heterocycles. The Kier molecular flexibility index (Phi) is 4.12. The van der Waals surface area contributed by atoms with Crippen LogP contribution in [0, 0.1) is 0 Å². The van der Waals surface area contributed by atoms with Crippen LogP contribution in [0.5, 0.6) is 0 Å². The SMILES string of the molecule is O=C(c1ccccc1)c1ccccc1C1(Cl)CCCCC1. The summed E-state index contributed by atoms with van der Waals surface area (Å²) in [6.07, 6.45) is 5.42. The van der Waals surface area contributed by atoms with E-state index in [0.717, 1.165) is 42.4 Å². The third-order valence-corrected chi connectivity index (χ3v) is 4.92. The van der Waals surface area contributed by atoms with Crippen molar-refractivity contribution < 1.29 is 4.79 Å². The van der Waals surface area contributed by atoms with Crippen LogP contribution < -0.4 is 0 Å². The van der Waals surface area contributed by atoms with E-state index in [2.05, 4.69) is 0 Å². The van der Waals surface area contributed by atoms with E-state index in [4.69, 9.17) is 11.6 Å². The molecule has 1 nitrogen and oxygen atoms in total. The number of ketones is 1. The van der Waals surface area contributed by atoms with Crippen LogP contribution in [0.3, 0.4) is 0 Å². The van der Waals surface area contributed by atoms with E-state index in [9.17, 15) is 4.79 Å². The minimum Gasteiger partial charge on any atom is -0.289 e. The zero-order valence-corrected chi connectivity index (χ0v) is 12.8. The second-order valence-electron chi connectivity index (χ2n) is 5.77. The van der Waals surface area contributed by atoms with Gasteiger partial charge in [0.25, 0.3) is 0 Å². The Morgan fingerprint density at radius 2 is 1.48 bits per heavy atom. The van der Waals surface area contributed by atoms with Crippen LogP contribution in [-0.2, 0) is 4.87 Å². The van der Waals surface area contributed by atoms with Gasteiger partial charge in [-0.15, -0.1) is 11.6 Å². The van der Waals surface area contributed by atoms with Crippen LogP contribution in [0.15, 0.2) is 54.6 Å². The van der Waals surface area contributed by atoms with Crippen molar-refractivity contribution in [3.8, 4) is 0 Å². The summed E-state index contributed by atoms with van der Waals surface area (Å²) in [6, 6.07) is 17.3. The highest BCUT2D eigenvalue weighted by molar-refractivity contribution is 6.25. The van der Waals surface area contributed by atoms with Gasteiger partial charge < -0.3 is 0 Å². The van der Waals surface area contributed by atoms with Gasteiger partial charge in [-0.2, -0.15) is 0 Å². The summed E-state index contributed by atoms with van der Waals surface area (Å²) in [7, 11) is 0. The molecule has 0 aromatic heterocycles. The second-order valence-corrected chi connectivity index (χ2v) is 6.49. The maximum Gasteiger partial charge on any atom is 0.193 e. The third-order valence-electron chi connectivity index (χ3n) is 4.34. The van der Waals surface area contributed by atoms with Crippen molar-refractivity contribution in [3.63, 3.8) is 0 Å². The van der Waals surface area contributed by atoms with Crippen LogP contribution in [0.25, 0.3) is 0 Å². The third kappa shape index (κ3) is 2.89. The zero-order chi connectivity index (χ0) is 14.7. The minimum atomic E-state index is -0.376. The Hall–Kier alpha value is -1.60. The van der Waals surface area contributed by atoms with Crippen LogP contribution >= 0.6 is 11.6 Å². The van der Waals surface area contributed by atoms with E-state index in [-0.39, 0.29) is 10.7 Å². The van der Waals surface area contributed by atoms with Gasteiger partial charge in [0.2, 0.25) is 0 Å². The smallest absolute Gasteiger partial charge is 0.193 e. The van der Waals surface area contributed by atoms with Crippen molar-refractivity contribution in [2.24, 2.45) is 0 Å². The summed E-state index contributed by atoms with van der Waals surface area (Å²) < 4.78 is 0. The molecule has 0 unspecified atom stereocenters. The molecule has 0 radical (unpaired) electrons. The van der Waals surface area contributed by atoms with Gasteiger partial charge in [-0.25, -0.2) is 0 Å². The van der Waals surface area contributed by atoms with Crippen molar-refractivity contribution in [3.05, 3.63) is 71.3 Å². The molecule has 2 aromatic rings. The highest BCUT2D eigenvalue weighted by Crippen LogP contribution is 2.44. The number of rotatable bonds is 3. The quantitative estimate of drug-likeness (QED) is 0.554. The lowest BCUT2D eigenvalue weighted by molar-refractivity contribution is 0.103. The monoisotopic (exact) mass is 298 g/mol. The summed E-state index contributed by atoms with van der Waals surface area (Å²) in [5, 5.41) is 0. The van der Waals surface area contributed by atoms with Crippen LogP contribution in [0.1, 0.15) is 53.6 Å². The maximum absolute atomic E-state index is 12.8. The molecular weight excluding hydrogens is 280 g/mol. The molecule has 2 heteroatoms. The summed E-state index contributed by atoms with van der Waals surface area (Å²) >= 11 is 6.88. The predicted molar refractivity (Wildman–Crippen MR) is 86.9 cm³/mol. The van der Waals surface area contributed by atoms with Crippen molar-refractivity contribution in [2.75, 3.05) is 0 Å². The van der Waals surface area contributed by atoms with Gasteiger partial charge >= 0.3 is 0 Å². The van der Waals surface area contributed by atoms with E-state index in [1.807, 2.05) is 54.6 Å². The highest BCUT2D eigenvalue weighted by atomic mass is 35.5. The molecule has 0 atom stereocenters. The molecule has 0 spiro atoms. The van der Waals surface area contributed by atoms with Crippen molar-refractivity contribution >= 4 is 17.4 Å². The van der Waals surface area contributed by atoms with Gasteiger partial charge in [0.05, 0.1) is 4.87 Å². The van der Waals surface area contributed by atoms with E-state index in [0.29, 0.717) is 0 Å². The summed E-state index contributed by atoms with van der Waals surface area (Å²) in [6.45, 7) is 0. The molecule has 3 rings (SSSR count). The fraction of sp³-hybridized carbons (Fsp3) is 0.316. The molecule has 0 amide bonds. The second kappa shape index (κ2) is 6.03. The Morgan fingerprint density at radius 3 is 2.19 bits per heavy atom. The first-order chi connectivity index (χ1) is 10.2. The van der Waals surface area contributed by atoms with Gasteiger partial charge in [0.15, 0.2) is 5.78 Å². The Morgan fingerprint density at radius 1 is 0.857 bits per heavy atom. The minimum absolute atomic E-state index is 0.0665. The molecular formula is C19H19ClO. The maximum atomic E-state index is 12.8. The summed E-state index contributed by atoms with van der Waals surface area (Å²) in [4.78, 5) is 12.4. The number of hydrogen-bond donors (Lipinski definition) is 0. The van der Waals surface area contributed by atoms with Crippen LogP contribution in [0.4, 0.5) is 0 Å². The van der Waals surface area contributed by atoms with E-state index in [1.54, 1.807) is 0 Å². The largest absolute Gasteiger partial charge is 0.289 e. The number of alkyl halides is 1. The molecule has 0 aliphatic heterocycles. The molecule has 1 saturated carbocycles. The fourth-order valence-corrected chi connectivity index (χ4v) is 3.63. The zero-order valence-electron chi connectivity index (χ0n) is 12.0. The first-order valence-corrected chi connectivity index (χ1v) is 7.97. The van der Waals surface area contributed by atoms with E-state index < -0.39 is 0 Å².